The van der Waals surface area contributed by atoms with Crippen molar-refractivity contribution in [2.75, 3.05) is 13.2 Å². The van der Waals surface area contributed by atoms with Crippen molar-refractivity contribution >= 4 is 0 Å². The predicted octanol–water partition coefficient (Wildman–Crippen LogP) is 2.30. The van der Waals surface area contributed by atoms with Gasteiger partial charge in [0, 0.05) is 35.5 Å². The maximum Gasteiger partial charge on any atom is 0.122 e. The highest BCUT2D eigenvalue weighted by Gasteiger charge is 2.31. The standard InChI is InChI=1S/C15H17N3O/c1-2-18-15(11-7-16-10-17-8-11)13-9-19-14-6-4-3-5-12(13)14/h3-8,10,13,15,18H,2,9H2,1H3. The first-order valence-electron chi connectivity index (χ1n) is 6.60. The molecule has 1 N–H and O–H groups in total. The largest absolute Gasteiger partial charge is 0.493 e. The Morgan fingerprint density at radius 1 is 1.32 bits per heavy atom. The quantitative estimate of drug-likeness (QED) is 0.910. The number of aromatic nitrogens is 2. The average Bonchev–Trinajstić information content (AvgIpc) is 2.89. The van der Waals surface area contributed by atoms with Gasteiger partial charge in [-0.15, -0.1) is 0 Å². The number of likely N-dealkylation sites (N-methyl/N-ethyl adjacent to an activating group) is 1. The Bertz CT molecular complexity index is 544. The Labute approximate surface area is 112 Å². The van der Waals surface area contributed by atoms with Crippen LogP contribution in [-0.4, -0.2) is 23.1 Å². The second-order valence-electron chi connectivity index (χ2n) is 4.66. The molecule has 0 saturated heterocycles. The lowest BCUT2D eigenvalue weighted by atomic mass is 9.89. The third kappa shape index (κ3) is 2.31. The summed E-state index contributed by atoms with van der Waals surface area (Å²) in [6.07, 6.45) is 5.31. The molecule has 19 heavy (non-hydrogen) atoms. The minimum absolute atomic E-state index is 0.190. The molecule has 0 saturated carbocycles. The van der Waals surface area contributed by atoms with Gasteiger partial charge in [-0.3, -0.25) is 0 Å². The fourth-order valence-corrected chi connectivity index (χ4v) is 2.65. The molecule has 2 atom stereocenters. The van der Waals surface area contributed by atoms with Gasteiger partial charge < -0.3 is 10.1 Å². The van der Waals surface area contributed by atoms with Gasteiger partial charge in [0.25, 0.3) is 0 Å². The molecular weight excluding hydrogens is 238 g/mol. The zero-order chi connectivity index (χ0) is 13.1. The lowest BCUT2D eigenvalue weighted by Crippen LogP contribution is -2.28. The molecule has 1 aliphatic heterocycles. The molecule has 0 bridgehead atoms. The highest BCUT2D eigenvalue weighted by molar-refractivity contribution is 5.41. The maximum atomic E-state index is 5.78. The summed E-state index contributed by atoms with van der Waals surface area (Å²) in [7, 11) is 0. The number of nitrogens with one attached hydrogen (secondary N) is 1. The van der Waals surface area contributed by atoms with Gasteiger partial charge in [-0.2, -0.15) is 0 Å². The van der Waals surface area contributed by atoms with Crippen molar-refractivity contribution in [1.29, 1.82) is 0 Å². The van der Waals surface area contributed by atoms with E-state index in [0.717, 1.165) is 17.9 Å². The molecule has 0 amide bonds. The number of para-hydroxylation sites is 1. The van der Waals surface area contributed by atoms with Crippen LogP contribution in [0.25, 0.3) is 0 Å². The van der Waals surface area contributed by atoms with Crippen molar-refractivity contribution in [3.8, 4) is 5.75 Å². The van der Waals surface area contributed by atoms with Gasteiger partial charge in [-0.25, -0.2) is 9.97 Å². The number of fused-ring (bicyclic) bond motifs is 1. The van der Waals surface area contributed by atoms with E-state index in [1.807, 2.05) is 24.5 Å². The molecule has 0 aliphatic carbocycles. The monoisotopic (exact) mass is 255 g/mol. The number of hydrogen-bond acceptors (Lipinski definition) is 4. The average molecular weight is 255 g/mol. The normalized spacial score (nSPS) is 18.7. The number of nitrogens with zero attached hydrogens (tertiary/aromatic N) is 2. The molecular formula is C15H17N3O. The molecule has 2 unspecified atom stereocenters. The van der Waals surface area contributed by atoms with Crippen LogP contribution in [0.1, 0.15) is 30.0 Å². The minimum atomic E-state index is 0.190. The third-order valence-corrected chi connectivity index (χ3v) is 3.50. The molecule has 4 nitrogen and oxygen atoms in total. The molecule has 98 valence electrons. The number of benzene rings is 1. The Hall–Kier alpha value is -1.94. The van der Waals surface area contributed by atoms with E-state index in [-0.39, 0.29) is 6.04 Å². The van der Waals surface area contributed by atoms with Gasteiger partial charge in [0.1, 0.15) is 12.1 Å². The van der Waals surface area contributed by atoms with E-state index in [1.165, 1.54) is 5.56 Å². The van der Waals surface area contributed by atoms with Crippen LogP contribution in [0.5, 0.6) is 5.75 Å². The van der Waals surface area contributed by atoms with Gasteiger partial charge in [-0.1, -0.05) is 25.1 Å². The molecule has 1 aromatic carbocycles. The summed E-state index contributed by atoms with van der Waals surface area (Å²) >= 11 is 0. The van der Waals surface area contributed by atoms with Gasteiger partial charge in [0.05, 0.1) is 6.61 Å². The third-order valence-electron chi connectivity index (χ3n) is 3.50. The number of hydrogen-bond donors (Lipinski definition) is 1. The first kappa shape index (κ1) is 12.1. The zero-order valence-electron chi connectivity index (χ0n) is 10.9. The zero-order valence-corrected chi connectivity index (χ0v) is 10.9. The van der Waals surface area contributed by atoms with Gasteiger partial charge in [-0.05, 0) is 12.6 Å². The van der Waals surface area contributed by atoms with Crippen molar-refractivity contribution in [2.45, 2.75) is 18.9 Å². The van der Waals surface area contributed by atoms with E-state index in [2.05, 4.69) is 34.3 Å². The van der Waals surface area contributed by atoms with Crippen molar-refractivity contribution in [1.82, 2.24) is 15.3 Å². The molecule has 3 rings (SSSR count). The lowest BCUT2D eigenvalue weighted by molar-refractivity contribution is 0.300. The smallest absolute Gasteiger partial charge is 0.122 e. The highest BCUT2D eigenvalue weighted by atomic mass is 16.5. The number of ether oxygens (including phenoxy) is 1. The van der Waals surface area contributed by atoms with E-state index in [4.69, 9.17) is 4.74 Å². The van der Waals surface area contributed by atoms with Crippen LogP contribution in [0, 0.1) is 0 Å². The van der Waals surface area contributed by atoms with Crippen molar-refractivity contribution in [2.24, 2.45) is 0 Å². The minimum Gasteiger partial charge on any atom is -0.493 e. The van der Waals surface area contributed by atoms with E-state index in [1.54, 1.807) is 6.33 Å². The van der Waals surface area contributed by atoms with Crippen LogP contribution in [0.3, 0.4) is 0 Å². The van der Waals surface area contributed by atoms with Crippen molar-refractivity contribution in [3.63, 3.8) is 0 Å². The highest BCUT2D eigenvalue weighted by Crippen LogP contribution is 2.40. The first-order chi connectivity index (χ1) is 9.40. The topological polar surface area (TPSA) is 47.0 Å². The summed E-state index contributed by atoms with van der Waals surface area (Å²) in [6, 6.07) is 8.43. The Balaban J connectivity index is 1.94. The summed E-state index contributed by atoms with van der Waals surface area (Å²) in [4.78, 5) is 8.25. The van der Waals surface area contributed by atoms with E-state index in [9.17, 15) is 0 Å². The summed E-state index contributed by atoms with van der Waals surface area (Å²) in [5, 5.41) is 3.52. The van der Waals surface area contributed by atoms with Gasteiger partial charge >= 0.3 is 0 Å². The van der Waals surface area contributed by atoms with Gasteiger partial charge in [0.2, 0.25) is 0 Å². The fraction of sp³-hybridized carbons (Fsp3) is 0.333. The maximum absolute atomic E-state index is 5.78. The molecule has 1 aliphatic rings. The molecule has 1 aromatic heterocycles. The summed E-state index contributed by atoms with van der Waals surface area (Å²) in [5.74, 6) is 1.30. The summed E-state index contributed by atoms with van der Waals surface area (Å²) < 4.78 is 5.78. The van der Waals surface area contributed by atoms with Crippen LogP contribution in [0.2, 0.25) is 0 Å². The van der Waals surface area contributed by atoms with Gasteiger partial charge in [0.15, 0.2) is 0 Å². The Kier molecular flexibility index (Phi) is 3.42. The predicted molar refractivity (Wildman–Crippen MR) is 73.1 cm³/mol. The first-order valence-corrected chi connectivity index (χ1v) is 6.60. The van der Waals surface area contributed by atoms with Crippen molar-refractivity contribution in [3.05, 3.63) is 54.1 Å². The SMILES string of the molecule is CCNC(c1cncnc1)C1COc2ccccc21. The van der Waals surface area contributed by atoms with E-state index in [0.29, 0.717) is 12.5 Å². The van der Waals surface area contributed by atoms with Crippen LogP contribution >= 0.6 is 0 Å². The summed E-state index contributed by atoms with van der Waals surface area (Å²) in [6.45, 7) is 3.71. The Morgan fingerprint density at radius 2 is 2.11 bits per heavy atom. The van der Waals surface area contributed by atoms with Crippen LogP contribution in [0.15, 0.2) is 43.0 Å². The molecule has 0 spiro atoms. The second kappa shape index (κ2) is 5.36. The summed E-state index contributed by atoms with van der Waals surface area (Å²) in [5.41, 5.74) is 2.37. The molecule has 2 aromatic rings. The van der Waals surface area contributed by atoms with E-state index < -0.39 is 0 Å². The van der Waals surface area contributed by atoms with Crippen LogP contribution in [-0.2, 0) is 0 Å². The lowest BCUT2D eigenvalue weighted by Gasteiger charge is -2.23. The Morgan fingerprint density at radius 3 is 2.89 bits per heavy atom. The molecule has 0 fully saturated rings. The fourth-order valence-electron chi connectivity index (χ4n) is 2.65. The van der Waals surface area contributed by atoms with Crippen molar-refractivity contribution < 1.29 is 4.74 Å². The molecule has 4 heteroatoms. The van der Waals surface area contributed by atoms with E-state index >= 15 is 0 Å². The van der Waals surface area contributed by atoms with Crippen LogP contribution < -0.4 is 10.1 Å². The number of rotatable bonds is 4. The molecule has 0 radical (unpaired) electrons. The molecule has 2 heterocycles. The second-order valence-corrected chi connectivity index (χ2v) is 4.66. The van der Waals surface area contributed by atoms with Crippen LogP contribution in [0.4, 0.5) is 0 Å².